The molecule has 0 saturated carbocycles. The SMILES string of the molecule is O=C(COC(=O)c1ccc2nccnc2c1)c1ccc2c(c1)OCCO2. The number of hydrogen-bond acceptors (Lipinski definition) is 7. The van der Waals surface area contributed by atoms with Gasteiger partial charge in [-0.2, -0.15) is 0 Å². The minimum Gasteiger partial charge on any atom is -0.486 e. The zero-order valence-electron chi connectivity index (χ0n) is 13.7. The molecule has 7 nitrogen and oxygen atoms in total. The molecule has 3 aromatic rings. The summed E-state index contributed by atoms with van der Waals surface area (Å²) in [5.74, 6) is 0.197. The first-order chi connectivity index (χ1) is 12.7. The number of Topliss-reactive ketones (excluding diaryl/α,β-unsaturated/α-hetero) is 1. The van der Waals surface area contributed by atoms with Gasteiger partial charge < -0.3 is 14.2 Å². The standard InChI is InChI=1S/C19H14N2O5/c22-16(12-2-4-17-18(10-12)25-8-7-24-17)11-26-19(23)13-1-3-14-15(9-13)21-6-5-20-14/h1-6,9-10H,7-8,11H2. The van der Waals surface area contributed by atoms with Crippen LogP contribution in [0.1, 0.15) is 20.7 Å². The zero-order chi connectivity index (χ0) is 17.9. The lowest BCUT2D eigenvalue weighted by molar-refractivity contribution is 0.0474. The molecule has 0 radical (unpaired) electrons. The van der Waals surface area contributed by atoms with E-state index in [4.69, 9.17) is 14.2 Å². The fourth-order valence-electron chi connectivity index (χ4n) is 2.60. The first kappa shape index (κ1) is 16.0. The van der Waals surface area contributed by atoms with Crippen molar-refractivity contribution in [3.8, 4) is 11.5 Å². The number of hydrogen-bond donors (Lipinski definition) is 0. The molecule has 0 N–H and O–H groups in total. The predicted octanol–water partition coefficient (Wildman–Crippen LogP) is 2.44. The third kappa shape index (κ3) is 3.19. The maximum Gasteiger partial charge on any atom is 0.338 e. The third-order valence-corrected chi connectivity index (χ3v) is 3.90. The molecule has 0 saturated heterocycles. The molecule has 0 fully saturated rings. The van der Waals surface area contributed by atoms with E-state index < -0.39 is 5.97 Å². The molecule has 0 unspecified atom stereocenters. The van der Waals surface area contributed by atoms with Gasteiger partial charge in [-0.15, -0.1) is 0 Å². The number of carbonyl (C=O) groups is 2. The molecular weight excluding hydrogens is 336 g/mol. The third-order valence-electron chi connectivity index (χ3n) is 3.90. The molecular formula is C19H14N2O5. The average Bonchev–Trinajstić information content (AvgIpc) is 2.71. The molecule has 7 heteroatoms. The van der Waals surface area contributed by atoms with Crippen LogP contribution in [0.5, 0.6) is 11.5 Å². The number of ketones is 1. The Morgan fingerprint density at radius 3 is 2.46 bits per heavy atom. The monoisotopic (exact) mass is 350 g/mol. The summed E-state index contributed by atoms with van der Waals surface area (Å²) < 4.78 is 16.0. The highest BCUT2D eigenvalue weighted by Crippen LogP contribution is 2.30. The largest absolute Gasteiger partial charge is 0.486 e. The molecule has 26 heavy (non-hydrogen) atoms. The van der Waals surface area contributed by atoms with E-state index in [9.17, 15) is 9.59 Å². The number of aromatic nitrogens is 2. The quantitative estimate of drug-likeness (QED) is 0.527. The number of carbonyl (C=O) groups excluding carboxylic acids is 2. The van der Waals surface area contributed by atoms with E-state index in [1.165, 1.54) is 0 Å². The van der Waals surface area contributed by atoms with Crippen LogP contribution in [0.3, 0.4) is 0 Å². The van der Waals surface area contributed by atoms with Gasteiger partial charge in [-0.3, -0.25) is 14.8 Å². The molecule has 1 aromatic heterocycles. The highest BCUT2D eigenvalue weighted by atomic mass is 16.6. The molecule has 2 aromatic carbocycles. The van der Waals surface area contributed by atoms with Gasteiger partial charge in [0.25, 0.3) is 0 Å². The van der Waals surface area contributed by atoms with Crippen LogP contribution < -0.4 is 9.47 Å². The van der Waals surface area contributed by atoms with Crippen LogP contribution in [0.2, 0.25) is 0 Å². The second-order valence-corrected chi connectivity index (χ2v) is 5.62. The lowest BCUT2D eigenvalue weighted by atomic mass is 10.1. The topological polar surface area (TPSA) is 87.6 Å². The lowest BCUT2D eigenvalue weighted by Gasteiger charge is -2.18. The van der Waals surface area contributed by atoms with Crippen molar-refractivity contribution in [2.24, 2.45) is 0 Å². The Kier molecular flexibility index (Phi) is 4.18. The van der Waals surface area contributed by atoms with Crippen molar-refractivity contribution < 1.29 is 23.8 Å². The second-order valence-electron chi connectivity index (χ2n) is 5.62. The summed E-state index contributed by atoms with van der Waals surface area (Å²) in [6, 6.07) is 9.74. The average molecular weight is 350 g/mol. The van der Waals surface area contributed by atoms with Crippen LogP contribution in [0.25, 0.3) is 11.0 Å². The Labute approximate surface area is 148 Å². The minimum atomic E-state index is -0.594. The molecule has 130 valence electrons. The van der Waals surface area contributed by atoms with E-state index in [0.29, 0.717) is 46.9 Å². The predicted molar refractivity (Wildman–Crippen MR) is 91.6 cm³/mol. The van der Waals surface area contributed by atoms with E-state index in [1.54, 1.807) is 48.8 Å². The number of benzene rings is 2. The van der Waals surface area contributed by atoms with Crippen LogP contribution in [0.4, 0.5) is 0 Å². The number of fused-ring (bicyclic) bond motifs is 2. The number of nitrogens with zero attached hydrogens (tertiary/aromatic N) is 2. The summed E-state index contributed by atoms with van der Waals surface area (Å²) in [5, 5.41) is 0. The summed E-state index contributed by atoms with van der Waals surface area (Å²) in [6.07, 6.45) is 3.12. The van der Waals surface area contributed by atoms with Crippen molar-refractivity contribution in [3.05, 3.63) is 59.9 Å². The number of esters is 1. The van der Waals surface area contributed by atoms with Crippen molar-refractivity contribution in [2.75, 3.05) is 19.8 Å². The molecule has 1 aliphatic rings. The Morgan fingerprint density at radius 2 is 1.62 bits per heavy atom. The van der Waals surface area contributed by atoms with Gasteiger partial charge in [0, 0.05) is 18.0 Å². The number of ether oxygens (including phenoxy) is 3. The maximum atomic E-state index is 12.3. The van der Waals surface area contributed by atoms with Gasteiger partial charge in [-0.05, 0) is 36.4 Å². The molecule has 1 aliphatic heterocycles. The van der Waals surface area contributed by atoms with Gasteiger partial charge in [0.15, 0.2) is 23.9 Å². The Hall–Kier alpha value is -3.48. The smallest absolute Gasteiger partial charge is 0.338 e. The number of rotatable bonds is 4. The zero-order valence-corrected chi connectivity index (χ0v) is 13.7. The van der Waals surface area contributed by atoms with Gasteiger partial charge in [-0.25, -0.2) is 4.79 Å². The normalized spacial score (nSPS) is 12.6. The second kappa shape index (κ2) is 6.79. The van der Waals surface area contributed by atoms with Gasteiger partial charge in [-0.1, -0.05) is 0 Å². The molecule has 4 rings (SSSR count). The van der Waals surface area contributed by atoms with Gasteiger partial charge >= 0.3 is 5.97 Å². The van der Waals surface area contributed by atoms with E-state index in [-0.39, 0.29) is 12.4 Å². The summed E-state index contributed by atoms with van der Waals surface area (Å²) >= 11 is 0. The van der Waals surface area contributed by atoms with Crippen LogP contribution in [0, 0.1) is 0 Å². The van der Waals surface area contributed by atoms with Crippen molar-refractivity contribution in [2.45, 2.75) is 0 Å². The maximum absolute atomic E-state index is 12.3. The van der Waals surface area contributed by atoms with E-state index in [1.807, 2.05) is 0 Å². The van der Waals surface area contributed by atoms with Crippen LogP contribution >= 0.6 is 0 Å². The Balaban J connectivity index is 1.44. The van der Waals surface area contributed by atoms with Crippen LogP contribution in [0.15, 0.2) is 48.8 Å². The summed E-state index contributed by atoms with van der Waals surface area (Å²) in [5.41, 5.74) is 1.97. The van der Waals surface area contributed by atoms with Crippen LogP contribution in [-0.2, 0) is 4.74 Å². The molecule has 0 amide bonds. The fraction of sp³-hybridized carbons (Fsp3) is 0.158. The molecule has 0 bridgehead atoms. The van der Waals surface area contributed by atoms with Crippen molar-refractivity contribution in [3.63, 3.8) is 0 Å². The van der Waals surface area contributed by atoms with Gasteiger partial charge in [0.05, 0.1) is 16.6 Å². The summed E-state index contributed by atoms with van der Waals surface area (Å²) in [4.78, 5) is 32.8. The Morgan fingerprint density at radius 1 is 0.885 bits per heavy atom. The van der Waals surface area contributed by atoms with Crippen LogP contribution in [-0.4, -0.2) is 41.5 Å². The molecule has 0 spiro atoms. The van der Waals surface area contributed by atoms with E-state index >= 15 is 0 Å². The molecule has 2 heterocycles. The summed E-state index contributed by atoms with van der Waals surface area (Å²) in [6.45, 7) is 0.551. The highest BCUT2D eigenvalue weighted by Gasteiger charge is 2.17. The first-order valence-electron chi connectivity index (χ1n) is 8.01. The first-order valence-corrected chi connectivity index (χ1v) is 8.01. The molecule has 0 aliphatic carbocycles. The van der Waals surface area contributed by atoms with Gasteiger partial charge in [0.2, 0.25) is 0 Å². The lowest BCUT2D eigenvalue weighted by Crippen LogP contribution is -2.17. The van der Waals surface area contributed by atoms with Crippen molar-refractivity contribution in [1.82, 2.24) is 9.97 Å². The minimum absolute atomic E-state index is 0.313. The van der Waals surface area contributed by atoms with E-state index in [2.05, 4.69) is 9.97 Å². The molecule has 0 atom stereocenters. The van der Waals surface area contributed by atoms with Crippen molar-refractivity contribution in [1.29, 1.82) is 0 Å². The Bertz CT molecular complexity index is 1000. The highest BCUT2D eigenvalue weighted by molar-refractivity contribution is 6.00. The fourth-order valence-corrected chi connectivity index (χ4v) is 2.60. The summed E-state index contributed by atoms with van der Waals surface area (Å²) in [7, 11) is 0. The van der Waals surface area contributed by atoms with Gasteiger partial charge in [0.1, 0.15) is 13.2 Å². The van der Waals surface area contributed by atoms with E-state index in [0.717, 1.165) is 0 Å². The van der Waals surface area contributed by atoms with Crippen molar-refractivity contribution >= 4 is 22.8 Å².